The Morgan fingerprint density at radius 2 is 2.10 bits per heavy atom. The molecule has 1 atom stereocenters. The quantitative estimate of drug-likeness (QED) is 0.872. The van der Waals surface area contributed by atoms with Crippen molar-refractivity contribution < 1.29 is 13.9 Å². The fourth-order valence-electron chi connectivity index (χ4n) is 2.76. The number of ketones is 1. The zero-order chi connectivity index (χ0) is 14.8. The van der Waals surface area contributed by atoms with Crippen molar-refractivity contribution in [1.82, 2.24) is 0 Å². The van der Waals surface area contributed by atoms with Gasteiger partial charge in [0.05, 0.1) is 12.7 Å². The van der Waals surface area contributed by atoms with Crippen molar-refractivity contribution in [2.75, 3.05) is 19.0 Å². The minimum absolute atomic E-state index is 0.0827. The third-order valence-electron chi connectivity index (χ3n) is 3.85. The largest absolute Gasteiger partial charge is 0.494 e. The molecule has 3 rings (SSSR count). The van der Waals surface area contributed by atoms with Crippen LogP contribution in [-0.2, 0) is 0 Å². The average molecular weight is 285 g/mol. The highest BCUT2D eigenvalue weighted by atomic mass is 19.1. The number of fused-ring (bicyclic) bond motifs is 1. The zero-order valence-corrected chi connectivity index (χ0v) is 11.7. The molecular formula is C17H16FNO2. The molecule has 1 unspecified atom stereocenters. The molecule has 21 heavy (non-hydrogen) atoms. The second kappa shape index (κ2) is 5.56. The molecule has 0 radical (unpaired) electrons. The molecule has 0 spiro atoms. The van der Waals surface area contributed by atoms with Gasteiger partial charge in [-0.2, -0.15) is 0 Å². The van der Waals surface area contributed by atoms with Gasteiger partial charge in [0, 0.05) is 24.6 Å². The van der Waals surface area contributed by atoms with Crippen LogP contribution < -0.4 is 10.1 Å². The lowest BCUT2D eigenvalue weighted by molar-refractivity contribution is 0.0971. The number of rotatable bonds is 4. The molecule has 1 aliphatic heterocycles. The normalized spacial score (nSPS) is 16.2. The minimum Gasteiger partial charge on any atom is -0.494 e. The van der Waals surface area contributed by atoms with Crippen LogP contribution in [0.5, 0.6) is 5.75 Å². The van der Waals surface area contributed by atoms with Crippen LogP contribution in [0.1, 0.15) is 28.3 Å². The summed E-state index contributed by atoms with van der Waals surface area (Å²) in [6.07, 6.45) is 0.286. The van der Waals surface area contributed by atoms with Crippen LogP contribution >= 0.6 is 0 Å². The Balaban J connectivity index is 1.82. The van der Waals surface area contributed by atoms with Crippen molar-refractivity contribution in [1.29, 1.82) is 0 Å². The molecule has 0 bridgehead atoms. The highest BCUT2D eigenvalue weighted by Crippen LogP contribution is 2.34. The molecule has 0 fully saturated rings. The van der Waals surface area contributed by atoms with Crippen molar-refractivity contribution in [3.05, 3.63) is 59.4 Å². The predicted octanol–water partition coefficient (Wildman–Crippen LogP) is 3.62. The number of Topliss-reactive ketones (excluding diaryl/α,β-unsaturated/α-hetero) is 1. The van der Waals surface area contributed by atoms with Gasteiger partial charge in [-0.1, -0.05) is 24.3 Å². The van der Waals surface area contributed by atoms with Gasteiger partial charge in [0.1, 0.15) is 0 Å². The standard InChI is InChI=1S/C17H16FNO2/c1-21-16-8-4-6-13(17(16)18)15(20)9-11-10-19-14-7-3-2-5-12(11)14/h2-8,11,19H,9-10H2,1H3. The number of carbonyl (C=O) groups is 1. The molecule has 4 heteroatoms. The fourth-order valence-corrected chi connectivity index (χ4v) is 2.76. The summed E-state index contributed by atoms with van der Waals surface area (Å²) in [4.78, 5) is 12.4. The Kier molecular flexibility index (Phi) is 3.60. The van der Waals surface area contributed by atoms with E-state index in [0.29, 0.717) is 6.54 Å². The number of methoxy groups -OCH3 is 1. The second-order valence-electron chi connectivity index (χ2n) is 5.11. The summed E-state index contributed by atoms with van der Waals surface area (Å²) in [5.74, 6) is -0.593. The number of halogens is 1. The number of ether oxygens (including phenoxy) is 1. The molecule has 1 aliphatic rings. The number of para-hydroxylation sites is 1. The van der Waals surface area contributed by atoms with Gasteiger partial charge in [-0.15, -0.1) is 0 Å². The van der Waals surface area contributed by atoms with Crippen LogP contribution in [0.2, 0.25) is 0 Å². The van der Waals surface area contributed by atoms with Gasteiger partial charge < -0.3 is 10.1 Å². The van der Waals surface area contributed by atoms with Crippen molar-refractivity contribution in [3.8, 4) is 5.75 Å². The lowest BCUT2D eigenvalue weighted by atomic mass is 9.93. The maximum absolute atomic E-state index is 14.1. The molecule has 1 heterocycles. The molecule has 0 aromatic heterocycles. The summed E-state index contributed by atoms with van der Waals surface area (Å²) < 4.78 is 19.1. The Hall–Kier alpha value is -2.36. The fraction of sp³-hybridized carbons (Fsp3) is 0.235. The van der Waals surface area contributed by atoms with E-state index in [4.69, 9.17) is 4.74 Å². The average Bonchev–Trinajstić information content (AvgIpc) is 2.91. The smallest absolute Gasteiger partial charge is 0.175 e. The van der Waals surface area contributed by atoms with Gasteiger partial charge in [-0.3, -0.25) is 4.79 Å². The van der Waals surface area contributed by atoms with Crippen molar-refractivity contribution in [3.63, 3.8) is 0 Å². The molecule has 0 amide bonds. The number of carbonyl (C=O) groups excluding carboxylic acids is 1. The summed E-state index contributed by atoms with van der Waals surface area (Å²) >= 11 is 0. The molecule has 1 N–H and O–H groups in total. The van der Waals surface area contributed by atoms with E-state index in [1.807, 2.05) is 24.3 Å². The molecule has 3 nitrogen and oxygen atoms in total. The number of nitrogens with one attached hydrogen (secondary N) is 1. The molecule has 2 aromatic rings. The first-order chi connectivity index (χ1) is 10.2. The second-order valence-corrected chi connectivity index (χ2v) is 5.11. The van der Waals surface area contributed by atoms with E-state index in [9.17, 15) is 9.18 Å². The SMILES string of the molecule is COc1cccc(C(=O)CC2CNc3ccccc32)c1F. The van der Waals surface area contributed by atoms with Gasteiger partial charge in [0.15, 0.2) is 17.3 Å². The van der Waals surface area contributed by atoms with Crippen LogP contribution in [0.4, 0.5) is 10.1 Å². The van der Waals surface area contributed by atoms with E-state index >= 15 is 0 Å². The van der Waals surface area contributed by atoms with E-state index in [1.54, 1.807) is 6.07 Å². The van der Waals surface area contributed by atoms with E-state index in [0.717, 1.165) is 11.3 Å². The maximum atomic E-state index is 14.1. The summed E-state index contributed by atoms with van der Waals surface area (Å²) in [5, 5.41) is 3.27. The number of anilines is 1. The van der Waals surface area contributed by atoms with Crippen molar-refractivity contribution in [2.24, 2.45) is 0 Å². The van der Waals surface area contributed by atoms with Crippen LogP contribution in [0.3, 0.4) is 0 Å². The number of hydrogen-bond acceptors (Lipinski definition) is 3. The lowest BCUT2D eigenvalue weighted by Gasteiger charge is -2.11. The van der Waals surface area contributed by atoms with Gasteiger partial charge in [-0.25, -0.2) is 4.39 Å². The van der Waals surface area contributed by atoms with E-state index in [1.165, 1.54) is 19.2 Å². The van der Waals surface area contributed by atoms with Crippen LogP contribution in [0.15, 0.2) is 42.5 Å². The first-order valence-corrected chi connectivity index (χ1v) is 6.89. The monoisotopic (exact) mass is 285 g/mol. The summed E-state index contributed by atoms with van der Waals surface area (Å²) in [6, 6.07) is 12.6. The van der Waals surface area contributed by atoms with Crippen molar-refractivity contribution in [2.45, 2.75) is 12.3 Å². The Labute approximate surface area is 122 Å². The number of benzene rings is 2. The van der Waals surface area contributed by atoms with Crippen LogP contribution in [0.25, 0.3) is 0 Å². The summed E-state index contributed by atoms with van der Waals surface area (Å²) in [5.41, 5.74) is 2.27. The van der Waals surface area contributed by atoms with Crippen LogP contribution in [0, 0.1) is 5.82 Å². The Bertz CT molecular complexity index is 684. The topological polar surface area (TPSA) is 38.3 Å². The lowest BCUT2D eigenvalue weighted by Crippen LogP contribution is -2.11. The first kappa shape index (κ1) is 13.6. The van der Waals surface area contributed by atoms with Gasteiger partial charge >= 0.3 is 0 Å². The van der Waals surface area contributed by atoms with Gasteiger partial charge in [-0.05, 0) is 23.8 Å². The predicted molar refractivity (Wildman–Crippen MR) is 79.6 cm³/mol. The van der Waals surface area contributed by atoms with E-state index in [-0.39, 0.29) is 29.4 Å². The third-order valence-corrected chi connectivity index (χ3v) is 3.85. The molecule has 2 aromatic carbocycles. The Morgan fingerprint density at radius 3 is 2.90 bits per heavy atom. The number of hydrogen-bond donors (Lipinski definition) is 1. The Morgan fingerprint density at radius 1 is 1.29 bits per heavy atom. The van der Waals surface area contributed by atoms with E-state index in [2.05, 4.69) is 5.32 Å². The molecule has 0 saturated heterocycles. The minimum atomic E-state index is -0.579. The van der Waals surface area contributed by atoms with Crippen molar-refractivity contribution >= 4 is 11.5 Å². The molecular weight excluding hydrogens is 269 g/mol. The zero-order valence-electron chi connectivity index (χ0n) is 11.7. The highest BCUT2D eigenvalue weighted by molar-refractivity contribution is 5.97. The molecule has 0 saturated carbocycles. The first-order valence-electron chi connectivity index (χ1n) is 6.89. The maximum Gasteiger partial charge on any atom is 0.175 e. The van der Waals surface area contributed by atoms with Gasteiger partial charge in [0.2, 0.25) is 0 Å². The molecule has 0 aliphatic carbocycles. The third kappa shape index (κ3) is 2.49. The van der Waals surface area contributed by atoms with E-state index < -0.39 is 5.82 Å². The highest BCUT2D eigenvalue weighted by Gasteiger charge is 2.26. The summed E-state index contributed by atoms with van der Waals surface area (Å²) in [7, 11) is 1.39. The summed E-state index contributed by atoms with van der Waals surface area (Å²) in [6.45, 7) is 0.705. The van der Waals surface area contributed by atoms with Crippen LogP contribution in [-0.4, -0.2) is 19.4 Å². The molecule has 108 valence electrons. The van der Waals surface area contributed by atoms with Gasteiger partial charge in [0.25, 0.3) is 0 Å².